The standard InChI is InChI=1S/C25H27F3N4O5/c1-3-30-21-20(22(34)31(24(30)35)12-7-13-33)32(15-17-9-5-4-8-16(17)2)23(29-21)36-18-10-6-11-19(14-18)37-25(26,27)28/h4-6,9-11,14,16,33H,3,7-8,12-13,15H2,1-2H3. The first-order chi connectivity index (χ1) is 17.6. The quantitative estimate of drug-likeness (QED) is 0.458. The van der Waals surface area contributed by atoms with E-state index in [9.17, 15) is 27.9 Å². The summed E-state index contributed by atoms with van der Waals surface area (Å²) in [6, 6.07) is 4.92. The molecule has 1 aromatic carbocycles. The van der Waals surface area contributed by atoms with Crippen LogP contribution in [0.4, 0.5) is 13.2 Å². The largest absolute Gasteiger partial charge is 0.573 e. The lowest BCUT2D eigenvalue weighted by atomic mass is 9.93. The van der Waals surface area contributed by atoms with Crippen molar-refractivity contribution in [2.45, 2.75) is 52.7 Å². The highest BCUT2D eigenvalue weighted by molar-refractivity contribution is 5.72. The maximum Gasteiger partial charge on any atom is 0.573 e. The highest BCUT2D eigenvalue weighted by Gasteiger charge is 2.31. The van der Waals surface area contributed by atoms with Crippen molar-refractivity contribution >= 4 is 11.2 Å². The Morgan fingerprint density at radius 1 is 1.16 bits per heavy atom. The number of aliphatic hydroxyl groups is 1. The lowest BCUT2D eigenvalue weighted by molar-refractivity contribution is -0.274. The predicted octanol–water partition coefficient (Wildman–Crippen LogP) is 3.98. The van der Waals surface area contributed by atoms with Gasteiger partial charge in [-0.3, -0.25) is 18.5 Å². The maximum atomic E-state index is 13.5. The number of ether oxygens (including phenoxy) is 2. The smallest absolute Gasteiger partial charge is 0.425 e. The first kappa shape index (κ1) is 26.3. The molecule has 0 amide bonds. The minimum atomic E-state index is -4.88. The molecule has 9 nitrogen and oxygen atoms in total. The second-order valence-corrected chi connectivity index (χ2v) is 8.64. The SMILES string of the molecule is CCn1c(=O)n(CCCO)c(=O)c2c1nc(Oc1cccc(OC(F)(F)F)c1)n2CC1=CC=CCC1C. The molecule has 1 unspecified atom stereocenters. The molecule has 0 saturated heterocycles. The van der Waals surface area contributed by atoms with Crippen LogP contribution in [-0.2, 0) is 19.6 Å². The van der Waals surface area contributed by atoms with Crippen molar-refractivity contribution in [1.29, 1.82) is 0 Å². The molecule has 0 radical (unpaired) electrons. The van der Waals surface area contributed by atoms with E-state index in [4.69, 9.17) is 4.74 Å². The Morgan fingerprint density at radius 3 is 2.59 bits per heavy atom. The number of allylic oxidation sites excluding steroid dienone is 4. The van der Waals surface area contributed by atoms with Crippen molar-refractivity contribution in [2.24, 2.45) is 5.92 Å². The third-order valence-electron chi connectivity index (χ3n) is 6.09. The van der Waals surface area contributed by atoms with Crippen LogP contribution in [0.5, 0.6) is 17.5 Å². The summed E-state index contributed by atoms with van der Waals surface area (Å²) in [5.74, 6) is -0.305. The molecule has 1 aliphatic rings. The number of halogens is 3. The van der Waals surface area contributed by atoms with Gasteiger partial charge in [0.15, 0.2) is 11.2 Å². The van der Waals surface area contributed by atoms with Crippen molar-refractivity contribution in [3.05, 3.63) is 68.9 Å². The van der Waals surface area contributed by atoms with Crippen molar-refractivity contribution in [3.63, 3.8) is 0 Å². The lowest BCUT2D eigenvalue weighted by Gasteiger charge is -2.19. The summed E-state index contributed by atoms with van der Waals surface area (Å²) in [4.78, 5) is 31.0. The molecular formula is C25H27F3N4O5. The molecule has 37 heavy (non-hydrogen) atoms. The second-order valence-electron chi connectivity index (χ2n) is 8.64. The van der Waals surface area contributed by atoms with Gasteiger partial charge < -0.3 is 14.6 Å². The van der Waals surface area contributed by atoms with E-state index in [1.165, 1.54) is 21.3 Å². The number of imidazole rings is 1. The first-order valence-electron chi connectivity index (χ1n) is 11.9. The molecule has 198 valence electrons. The number of fused-ring (bicyclic) bond motifs is 1. The van der Waals surface area contributed by atoms with Gasteiger partial charge in [0.1, 0.15) is 11.5 Å². The zero-order valence-electron chi connectivity index (χ0n) is 20.4. The number of benzene rings is 1. The van der Waals surface area contributed by atoms with Crippen LogP contribution in [0, 0.1) is 5.92 Å². The molecule has 4 rings (SSSR count). The summed E-state index contributed by atoms with van der Waals surface area (Å²) >= 11 is 0. The number of aryl methyl sites for hydroxylation is 1. The van der Waals surface area contributed by atoms with Crippen molar-refractivity contribution in [1.82, 2.24) is 18.7 Å². The van der Waals surface area contributed by atoms with Gasteiger partial charge in [0.05, 0.1) is 0 Å². The molecule has 0 bridgehead atoms. The van der Waals surface area contributed by atoms with E-state index in [-0.39, 0.29) is 61.5 Å². The van der Waals surface area contributed by atoms with E-state index in [0.717, 1.165) is 28.7 Å². The van der Waals surface area contributed by atoms with Crippen LogP contribution in [0.2, 0.25) is 0 Å². The van der Waals surface area contributed by atoms with Crippen molar-refractivity contribution in [2.75, 3.05) is 6.61 Å². The van der Waals surface area contributed by atoms with Crippen LogP contribution >= 0.6 is 0 Å². The number of alkyl halides is 3. The van der Waals surface area contributed by atoms with Gasteiger partial charge in [-0.15, -0.1) is 13.2 Å². The minimum Gasteiger partial charge on any atom is -0.425 e. The van der Waals surface area contributed by atoms with E-state index in [2.05, 4.69) is 9.72 Å². The van der Waals surface area contributed by atoms with Gasteiger partial charge in [0.25, 0.3) is 5.56 Å². The molecule has 2 aromatic heterocycles. The van der Waals surface area contributed by atoms with E-state index in [1.54, 1.807) is 6.92 Å². The van der Waals surface area contributed by atoms with Crippen molar-refractivity contribution in [3.8, 4) is 17.5 Å². The Balaban J connectivity index is 1.89. The van der Waals surface area contributed by atoms with Crippen LogP contribution in [0.1, 0.15) is 26.7 Å². The molecule has 0 saturated carbocycles. The summed E-state index contributed by atoms with van der Waals surface area (Å²) in [5, 5.41) is 9.25. The molecule has 3 aromatic rings. The van der Waals surface area contributed by atoms with Gasteiger partial charge in [-0.1, -0.05) is 31.2 Å². The minimum absolute atomic E-state index is 0.00914. The zero-order valence-corrected chi connectivity index (χ0v) is 20.4. The summed E-state index contributed by atoms with van der Waals surface area (Å²) in [6.45, 7) is 4.01. The van der Waals surface area contributed by atoms with Gasteiger partial charge in [0.2, 0.25) is 0 Å². The monoisotopic (exact) mass is 520 g/mol. The Labute approximate surface area is 209 Å². The summed E-state index contributed by atoms with van der Waals surface area (Å²) < 4.78 is 52.0. The third-order valence-corrected chi connectivity index (χ3v) is 6.09. The third kappa shape index (κ3) is 5.63. The van der Waals surface area contributed by atoms with Gasteiger partial charge in [-0.2, -0.15) is 4.98 Å². The van der Waals surface area contributed by atoms with Crippen LogP contribution in [0.25, 0.3) is 11.2 Å². The zero-order chi connectivity index (χ0) is 26.7. The fourth-order valence-electron chi connectivity index (χ4n) is 4.23. The molecule has 1 atom stereocenters. The van der Waals surface area contributed by atoms with Crippen LogP contribution in [0.3, 0.4) is 0 Å². The molecule has 1 aliphatic carbocycles. The topological polar surface area (TPSA) is 101 Å². The number of nitrogens with zero attached hydrogens (tertiary/aromatic N) is 4. The highest BCUT2D eigenvalue weighted by Crippen LogP contribution is 2.31. The normalized spacial score (nSPS) is 15.7. The van der Waals surface area contributed by atoms with Crippen LogP contribution in [-0.4, -0.2) is 36.8 Å². The van der Waals surface area contributed by atoms with Gasteiger partial charge >= 0.3 is 18.1 Å². The second kappa shape index (κ2) is 10.7. The van der Waals surface area contributed by atoms with Gasteiger partial charge in [-0.25, -0.2) is 4.79 Å². The van der Waals surface area contributed by atoms with E-state index in [0.29, 0.717) is 0 Å². The van der Waals surface area contributed by atoms with Gasteiger partial charge in [-0.05, 0) is 43.4 Å². The fourth-order valence-corrected chi connectivity index (χ4v) is 4.23. The number of aliphatic hydroxyl groups excluding tert-OH is 1. The van der Waals surface area contributed by atoms with Gasteiger partial charge in [0, 0.05) is 32.3 Å². The fraction of sp³-hybridized carbons (Fsp3) is 0.400. The Morgan fingerprint density at radius 2 is 1.92 bits per heavy atom. The van der Waals surface area contributed by atoms with E-state index < -0.39 is 23.4 Å². The molecule has 0 spiro atoms. The molecule has 0 fully saturated rings. The Kier molecular flexibility index (Phi) is 7.58. The molecule has 1 N–H and O–H groups in total. The highest BCUT2D eigenvalue weighted by atomic mass is 19.4. The molecular weight excluding hydrogens is 493 g/mol. The number of hydrogen-bond acceptors (Lipinski definition) is 6. The summed E-state index contributed by atoms with van der Waals surface area (Å²) in [5.41, 5.74) is 0.0545. The molecule has 2 heterocycles. The number of rotatable bonds is 9. The summed E-state index contributed by atoms with van der Waals surface area (Å²) in [7, 11) is 0. The maximum absolute atomic E-state index is 13.5. The van der Waals surface area contributed by atoms with E-state index >= 15 is 0 Å². The average molecular weight is 521 g/mol. The summed E-state index contributed by atoms with van der Waals surface area (Å²) in [6.07, 6.45) is 2.00. The van der Waals surface area contributed by atoms with E-state index in [1.807, 2.05) is 25.2 Å². The molecule has 12 heteroatoms. The number of hydrogen-bond donors (Lipinski definition) is 1. The number of aromatic nitrogens is 4. The Bertz CT molecular complexity index is 1470. The van der Waals surface area contributed by atoms with Crippen molar-refractivity contribution < 1.29 is 27.8 Å². The predicted molar refractivity (Wildman–Crippen MR) is 130 cm³/mol. The lowest BCUT2D eigenvalue weighted by Crippen LogP contribution is -2.40. The molecule has 0 aliphatic heterocycles. The Hall–Kier alpha value is -3.80. The van der Waals surface area contributed by atoms with Crippen LogP contribution < -0.4 is 20.7 Å². The first-order valence-corrected chi connectivity index (χ1v) is 11.9. The average Bonchev–Trinajstić information content (AvgIpc) is 3.17. The van der Waals surface area contributed by atoms with Crippen LogP contribution in [0.15, 0.2) is 57.7 Å².